The van der Waals surface area contributed by atoms with Crippen LogP contribution in [-0.4, -0.2) is 37.3 Å². The molecule has 3 aromatic rings. The van der Waals surface area contributed by atoms with E-state index >= 15 is 0 Å². The molecule has 0 aliphatic heterocycles. The summed E-state index contributed by atoms with van der Waals surface area (Å²) in [5, 5.41) is 0.323. The SMILES string of the molecule is CCN(CC)C(=O)c1cc(=O)[nH]c2ccc(S(=O)(=O)Nc3ccc(F)cc3)cc12. The minimum Gasteiger partial charge on any atom is -0.339 e. The van der Waals surface area contributed by atoms with Crippen molar-refractivity contribution in [2.75, 3.05) is 17.8 Å². The van der Waals surface area contributed by atoms with Gasteiger partial charge in [-0.3, -0.25) is 14.3 Å². The Morgan fingerprint density at radius 1 is 1.07 bits per heavy atom. The van der Waals surface area contributed by atoms with Gasteiger partial charge in [-0.1, -0.05) is 0 Å². The molecule has 152 valence electrons. The van der Waals surface area contributed by atoms with Gasteiger partial charge in [-0.25, -0.2) is 12.8 Å². The fourth-order valence-corrected chi connectivity index (χ4v) is 4.07. The molecule has 29 heavy (non-hydrogen) atoms. The first kappa shape index (κ1) is 20.5. The summed E-state index contributed by atoms with van der Waals surface area (Å²) in [5.74, 6) is -0.839. The second kappa shape index (κ2) is 8.04. The van der Waals surface area contributed by atoms with Crippen LogP contribution >= 0.6 is 0 Å². The Kier molecular flexibility index (Phi) is 5.69. The number of carbonyl (C=O) groups is 1. The van der Waals surface area contributed by atoms with E-state index < -0.39 is 21.4 Å². The highest BCUT2D eigenvalue weighted by Gasteiger charge is 2.20. The summed E-state index contributed by atoms with van der Waals surface area (Å²) in [6.07, 6.45) is 0. The summed E-state index contributed by atoms with van der Waals surface area (Å²) in [6.45, 7) is 4.54. The topological polar surface area (TPSA) is 99.3 Å². The molecule has 1 amide bonds. The third kappa shape index (κ3) is 4.29. The molecule has 1 aromatic heterocycles. The highest BCUT2D eigenvalue weighted by Crippen LogP contribution is 2.23. The summed E-state index contributed by atoms with van der Waals surface area (Å²) in [6, 6.07) is 10.2. The maximum absolute atomic E-state index is 13.1. The van der Waals surface area contributed by atoms with E-state index in [1.807, 2.05) is 13.8 Å². The Hall–Kier alpha value is -3.20. The van der Waals surface area contributed by atoms with Crippen molar-refractivity contribution in [3.8, 4) is 0 Å². The molecule has 0 aliphatic carbocycles. The standard InChI is InChI=1S/C20H20FN3O4S/c1-3-24(4-2)20(26)17-12-19(25)22-18-10-9-15(11-16(17)18)29(27,28)23-14-7-5-13(21)6-8-14/h5-12,23H,3-4H2,1-2H3,(H,22,25). The number of nitrogens with zero attached hydrogens (tertiary/aromatic N) is 1. The Morgan fingerprint density at radius 2 is 1.72 bits per heavy atom. The number of sulfonamides is 1. The van der Waals surface area contributed by atoms with Crippen LogP contribution < -0.4 is 10.3 Å². The van der Waals surface area contributed by atoms with E-state index in [1.54, 1.807) is 4.90 Å². The molecule has 0 fully saturated rings. The first-order valence-electron chi connectivity index (χ1n) is 9.00. The van der Waals surface area contributed by atoms with Gasteiger partial charge in [0.2, 0.25) is 5.56 Å². The summed E-state index contributed by atoms with van der Waals surface area (Å²) in [7, 11) is -3.99. The number of hydrogen-bond donors (Lipinski definition) is 2. The van der Waals surface area contributed by atoms with Gasteiger partial charge >= 0.3 is 0 Å². The second-order valence-electron chi connectivity index (χ2n) is 6.34. The summed E-state index contributed by atoms with van der Waals surface area (Å²) in [4.78, 5) is 28.9. The Balaban J connectivity index is 2.10. The molecule has 0 saturated heterocycles. The zero-order chi connectivity index (χ0) is 21.2. The van der Waals surface area contributed by atoms with Crippen molar-refractivity contribution in [2.24, 2.45) is 0 Å². The first-order valence-corrected chi connectivity index (χ1v) is 10.5. The van der Waals surface area contributed by atoms with Gasteiger partial charge in [0.25, 0.3) is 15.9 Å². The molecule has 0 atom stereocenters. The van der Waals surface area contributed by atoms with Crippen molar-refractivity contribution in [1.82, 2.24) is 9.88 Å². The van der Waals surface area contributed by atoms with Gasteiger partial charge in [0.1, 0.15) is 5.82 Å². The van der Waals surface area contributed by atoms with Crippen LogP contribution in [0.15, 0.2) is 58.2 Å². The second-order valence-corrected chi connectivity index (χ2v) is 8.03. The molecule has 0 spiro atoms. The van der Waals surface area contributed by atoms with Gasteiger partial charge < -0.3 is 9.88 Å². The lowest BCUT2D eigenvalue weighted by atomic mass is 10.1. The lowest BCUT2D eigenvalue weighted by Crippen LogP contribution is -2.31. The lowest BCUT2D eigenvalue weighted by molar-refractivity contribution is 0.0774. The average Bonchev–Trinajstić information content (AvgIpc) is 2.69. The molecule has 0 saturated carbocycles. The molecular weight excluding hydrogens is 397 g/mol. The Bertz CT molecular complexity index is 1220. The molecule has 0 bridgehead atoms. The quantitative estimate of drug-likeness (QED) is 0.644. The number of halogens is 1. The third-order valence-corrected chi connectivity index (χ3v) is 5.88. The molecule has 0 unspecified atom stereocenters. The normalized spacial score (nSPS) is 11.4. The van der Waals surface area contributed by atoms with Crippen molar-refractivity contribution in [3.05, 3.63) is 70.3 Å². The van der Waals surface area contributed by atoms with Crippen LogP contribution in [0.1, 0.15) is 24.2 Å². The van der Waals surface area contributed by atoms with Crippen molar-refractivity contribution >= 4 is 32.5 Å². The van der Waals surface area contributed by atoms with Gasteiger partial charge in [-0.15, -0.1) is 0 Å². The van der Waals surface area contributed by atoms with Gasteiger partial charge in [-0.2, -0.15) is 0 Å². The van der Waals surface area contributed by atoms with Crippen molar-refractivity contribution < 1.29 is 17.6 Å². The highest BCUT2D eigenvalue weighted by molar-refractivity contribution is 7.92. The zero-order valence-electron chi connectivity index (χ0n) is 15.9. The van der Waals surface area contributed by atoms with E-state index in [4.69, 9.17) is 0 Å². The van der Waals surface area contributed by atoms with Crippen molar-refractivity contribution in [1.29, 1.82) is 0 Å². The Morgan fingerprint density at radius 3 is 2.34 bits per heavy atom. The smallest absolute Gasteiger partial charge is 0.261 e. The van der Waals surface area contributed by atoms with Crippen LogP contribution in [0, 0.1) is 5.82 Å². The molecule has 1 heterocycles. The lowest BCUT2D eigenvalue weighted by Gasteiger charge is -2.19. The summed E-state index contributed by atoms with van der Waals surface area (Å²) < 4.78 is 40.9. The highest BCUT2D eigenvalue weighted by atomic mass is 32.2. The molecule has 0 aliphatic rings. The Labute approximate surface area is 167 Å². The molecule has 2 N–H and O–H groups in total. The monoisotopic (exact) mass is 417 g/mol. The maximum atomic E-state index is 13.1. The van der Waals surface area contributed by atoms with Crippen LogP contribution in [-0.2, 0) is 10.0 Å². The van der Waals surface area contributed by atoms with Gasteiger partial charge in [-0.05, 0) is 56.3 Å². The first-order chi connectivity index (χ1) is 13.7. The number of benzene rings is 2. The summed E-state index contributed by atoms with van der Waals surface area (Å²) >= 11 is 0. The molecule has 0 radical (unpaired) electrons. The average molecular weight is 417 g/mol. The van der Waals surface area contributed by atoms with Crippen LogP contribution in [0.4, 0.5) is 10.1 Å². The van der Waals surface area contributed by atoms with E-state index in [2.05, 4.69) is 9.71 Å². The fourth-order valence-electron chi connectivity index (χ4n) is 2.99. The third-order valence-electron chi connectivity index (χ3n) is 4.50. The number of amides is 1. The maximum Gasteiger partial charge on any atom is 0.261 e. The van der Waals surface area contributed by atoms with E-state index in [-0.39, 0.29) is 22.1 Å². The molecular formula is C20H20FN3O4S. The number of rotatable bonds is 6. The van der Waals surface area contributed by atoms with Gasteiger partial charge in [0, 0.05) is 35.7 Å². The van der Waals surface area contributed by atoms with Crippen molar-refractivity contribution in [2.45, 2.75) is 18.7 Å². The molecule has 3 rings (SSSR count). The number of nitrogens with one attached hydrogen (secondary N) is 2. The minimum atomic E-state index is -3.99. The number of anilines is 1. The largest absolute Gasteiger partial charge is 0.339 e. The number of aromatic nitrogens is 1. The number of pyridine rings is 1. The number of H-pyrrole nitrogens is 1. The van der Waals surface area contributed by atoms with Crippen LogP contribution in [0.2, 0.25) is 0 Å². The molecule has 9 heteroatoms. The van der Waals surface area contributed by atoms with Crippen LogP contribution in [0.25, 0.3) is 10.9 Å². The predicted molar refractivity (Wildman–Crippen MR) is 109 cm³/mol. The number of fused-ring (bicyclic) bond motifs is 1. The minimum absolute atomic E-state index is 0.0880. The number of aromatic amines is 1. The van der Waals surface area contributed by atoms with Crippen LogP contribution in [0.3, 0.4) is 0 Å². The van der Waals surface area contributed by atoms with Crippen molar-refractivity contribution in [3.63, 3.8) is 0 Å². The zero-order valence-corrected chi connectivity index (χ0v) is 16.7. The number of hydrogen-bond acceptors (Lipinski definition) is 4. The van der Waals surface area contributed by atoms with Gasteiger partial charge in [0.15, 0.2) is 0 Å². The fraction of sp³-hybridized carbons (Fsp3) is 0.200. The van der Waals surface area contributed by atoms with Gasteiger partial charge in [0.05, 0.1) is 10.5 Å². The number of carbonyl (C=O) groups excluding carboxylic acids is 1. The van der Waals surface area contributed by atoms with Crippen LogP contribution in [0.5, 0.6) is 0 Å². The van der Waals surface area contributed by atoms with E-state index in [1.165, 1.54) is 36.4 Å². The van der Waals surface area contributed by atoms with E-state index in [9.17, 15) is 22.4 Å². The molecule has 2 aromatic carbocycles. The molecule has 7 nitrogen and oxygen atoms in total. The predicted octanol–water partition coefficient (Wildman–Crippen LogP) is 2.95. The summed E-state index contributed by atoms with van der Waals surface area (Å²) in [5.41, 5.74) is 0.237. The van der Waals surface area contributed by atoms with E-state index in [0.717, 1.165) is 12.1 Å². The van der Waals surface area contributed by atoms with E-state index in [0.29, 0.717) is 24.0 Å².